The molecule has 1 saturated carbocycles. The fraction of sp³-hybridized carbons (Fsp3) is 0.632. The second-order valence-electron chi connectivity index (χ2n) is 7.03. The standard InChI is InChI=1S/C19H28ClN3O2/c1-25-18-5-4-15(20)12-17(18)21-9-6-19(24)23-10-7-16(8-11-23)22-13-14-2-3-14/h4-5,12,14,16,21-22H,2-3,6-11,13H2,1H3. The van der Waals surface area contributed by atoms with E-state index in [1.807, 2.05) is 17.0 Å². The third-order valence-electron chi connectivity index (χ3n) is 5.06. The molecule has 1 saturated heterocycles. The van der Waals surface area contributed by atoms with Crippen LogP contribution in [-0.4, -0.2) is 50.1 Å². The number of carbonyl (C=O) groups excluding carboxylic acids is 1. The third kappa shape index (κ3) is 5.51. The van der Waals surface area contributed by atoms with Crippen molar-refractivity contribution in [3.63, 3.8) is 0 Å². The van der Waals surface area contributed by atoms with E-state index in [2.05, 4.69) is 10.6 Å². The molecule has 1 aliphatic carbocycles. The van der Waals surface area contributed by atoms with Crippen molar-refractivity contribution in [3.05, 3.63) is 23.2 Å². The Morgan fingerprint density at radius 1 is 1.28 bits per heavy atom. The van der Waals surface area contributed by atoms with Gasteiger partial charge in [0.1, 0.15) is 5.75 Å². The Morgan fingerprint density at radius 2 is 2.04 bits per heavy atom. The number of ether oxygens (including phenoxy) is 1. The first-order valence-electron chi connectivity index (χ1n) is 9.24. The summed E-state index contributed by atoms with van der Waals surface area (Å²) in [6, 6.07) is 6.02. The maximum Gasteiger partial charge on any atom is 0.224 e. The van der Waals surface area contributed by atoms with E-state index in [0.29, 0.717) is 24.0 Å². The summed E-state index contributed by atoms with van der Waals surface area (Å²) in [7, 11) is 1.63. The smallest absolute Gasteiger partial charge is 0.224 e. The molecule has 1 aromatic rings. The van der Waals surface area contributed by atoms with Crippen molar-refractivity contribution in [2.24, 2.45) is 5.92 Å². The fourth-order valence-electron chi connectivity index (χ4n) is 3.27. The van der Waals surface area contributed by atoms with Crippen molar-refractivity contribution in [1.29, 1.82) is 0 Å². The van der Waals surface area contributed by atoms with Gasteiger partial charge in [0.15, 0.2) is 0 Å². The number of benzene rings is 1. The third-order valence-corrected chi connectivity index (χ3v) is 5.29. The Morgan fingerprint density at radius 3 is 2.72 bits per heavy atom. The Labute approximate surface area is 155 Å². The van der Waals surface area contributed by atoms with Gasteiger partial charge in [-0.25, -0.2) is 0 Å². The number of piperidine rings is 1. The molecule has 0 spiro atoms. The Hall–Kier alpha value is -1.46. The zero-order chi connectivity index (χ0) is 17.6. The van der Waals surface area contributed by atoms with Crippen molar-refractivity contribution in [2.45, 2.75) is 38.1 Å². The molecule has 1 amide bonds. The summed E-state index contributed by atoms with van der Waals surface area (Å²) in [6.45, 7) is 3.46. The van der Waals surface area contributed by atoms with Crippen LogP contribution in [0.25, 0.3) is 0 Å². The fourth-order valence-corrected chi connectivity index (χ4v) is 3.44. The number of hydrogen-bond acceptors (Lipinski definition) is 4. The highest BCUT2D eigenvalue weighted by atomic mass is 35.5. The maximum atomic E-state index is 12.4. The lowest BCUT2D eigenvalue weighted by Gasteiger charge is -2.32. The number of hydrogen-bond donors (Lipinski definition) is 2. The van der Waals surface area contributed by atoms with Crippen LogP contribution in [0.1, 0.15) is 32.1 Å². The quantitative estimate of drug-likeness (QED) is 0.743. The van der Waals surface area contributed by atoms with Crippen LogP contribution in [0.3, 0.4) is 0 Å². The van der Waals surface area contributed by atoms with Gasteiger partial charge in [0.2, 0.25) is 5.91 Å². The predicted molar refractivity (Wildman–Crippen MR) is 101 cm³/mol. The molecule has 138 valence electrons. The van der Waals surface area contributed by atoms with Gasteiger partial charge >= 0.3 is 0 Å². The number of halogens is 1. The second-order valence-corrected chi connectivity index (χ2v) is 7.46. The number of methoxy groups -OCH3 is 1. The molecule has 2 aliphatic rings. The van der Waals surface area contributed by atoms with Gasteiger partial charge in [0.25, 0.3) is 0 Å². The van der Waals surface area contributed by atoms with Gasteiger partial charge in [-0.1, -0.05) is 11.6 Å². The molecule has 0 unspecified atom stereocenters. The minimum Gasteiger partial charge on any atom is -0.495 e. The van der Waals surface area contributed by atoms with Gasteiger partial charge in [0.05, 0.1) is 12.8 Å². The van der Waals surface area contributed by atoms with Crippen LogP contribution in [0.4, 0.5) is 5.69 Å². The monoisotopic (exact) mass is 365 g/mol. The Bertz CT molecular complexity index is 584. The summed E-state index contributed by atoms with van der Waals surface area (Å²) in [5.74, 6) is 1.86. The van der Waals surface area contributed by atoms with E-state index >= 15 is 0 Å². The Balaban J connectivity index is 1.37. The van der Waals surface area contributed by atoms with Gasteiger partial charge in [-0.3, -0.25) is 4.79 Å². The molecule has 2 N–H and O–H groups in total. The van der Waals surface area contributed by atoms with Crippen LogP contribution in [0.15, 0.2) is 18.2 Å². The van der Waals surface area contributed by atoms with Crippen LogP contribution in [0.5, 0.6) is 5.75 Å². The van der Waals surface area contributed by atoms with Crippen molar-refractivity contribution < 1.29 is 9.53 Å². The van der Waals surface area contributed by atoms with Crippen molar-refractivity contribution in [2.75, 3.05) is 38.6 Å². The van der Waals surface area contributed by atoms with E-state index in [1.165, 1.54) is 12.8 Å². The summed E-state index contributed by atoms with van der Waals surface area (Å²) in [5.41, 5.74) is 0.825. The average molecular weight is 366 g/mol. The molecule has 0 aromatic heterocycles. The van der Waals surface area contributed by atoms with Crippen molar-refractivity contribution in [3.8, 4) is 5.75 Å². The zero-order valence-corrected chi connectivity index (χ0v) is 15.6. The summed E-state index contributed by atoms with van der Waals surface area (Å²) in [4.78, 5) is 14.4. The van der Waals surface area contributed by atoms with Crippen molar-refractivity contribution in [1.82, 2.24) is 10.2 Å². The summed E-state index contributed by atoms with van der Waals surface area (Å²) in [6.07, 6.45) is 5.38. The minimum atomic E-state index is 0.217. The van der Waals surface area contributed by atoms with Gasteiger partial charge in [0, 0.05) is 37.1 Å². The van der Waals surface area contributed by atoms with E-state index in [9.17, 15) is 4.79 Å². The largest absolute Gasteiger partial charge is 0.495 e. The zero-order valence-electron chi connectivity index (χ0n) is 14.9. The van der Waals surface area contributed by atoms with Crippen LogP contribution in [-0.2, 0) is 4.79 Å². The number of nitrogens with zero attached hydrogens (tertiary/aromatic N) is 1. The molecule has 6 heteroatoms. The highest BCUT2D eigenvalue weighted by molar-refractivity contribution is 6.30. The summed E-state index contributed by atoms with van der Waals surface area (Å²) < 4.78 is 5.31. The molecule has 1 aromatic carbocycles. The van der Waals surface area contributed by atoms with Crippen LogP contribution in [0, 0.1) is 5.92 Å². The van der Waals surface area contributed by atoms with Gasteiger partial charge in [-0.15, -0.1) is 0 Å². The predicted octanol–water partition coefficient (Wildman–Crippen LogP) is 3.14. The first-order chi connectivity index (χ1) is 12.2. The number of anilines is 1. The average Bonchev–Trinajstić information content (AvgIpc) is 3.45. The molecule has 2 fully saturated rings. The van der Waals surface area contributed by atoms with Gasteiger partial charge in [-0.2, -0.15) is 0 Å². The van der Waals surface area contributed by atoms with Crippen molar-refractivity contribution >= 4 is 23.2 Å². The Kier molecular flexibility index (Phi) is 6.43. The lowest BCUT2D eigenvalue weighted by atomic mass is 10.0. The molecule has 0 bridgehead atoms. The molecule has 1 heterocycles. The molecule has 0 atom stereocenters. The maximum absolute atomic E-state index is 12.4. The number of likely N-dealkylation sites (tertiary alicyclic amines) is 1. The molecule has 3 rings (SSSR count). The topological polar surface area (TPSA) is 53.6 Å². The summed E-state index contributed by atoms with van der Waals surface area (Å²) >= 11 is 6.02. The molecular weight excluding hydrogens is 338 g/mol. The number of rotatable bonds is 8. The highest BCUT2D eigenvalue weighted by Crippen LogP contribution is 2.28. The van der Waals surface area contributed by atoms with Crippen LogP contribution >= 0.6 is 11.6 Å². The summed E-state index contributed by atoms with van der Waals surface area (Å²) in [5, 5.41) is 7.55. The molecule has 5 nitrogen and oxygen atoms in total. The van der Waals surface area contributed by atoms with E-state index in [1.54, 1.807) is 13.2 Å². The van der Waals surface area contributed by atoms with E-state index < -0.39 is 0 Å². The number of nitrogens with one attached hydrogen (secondary N) is 2. The molecular formula is C19H28ClN3O2. The van der Waals surface area contributed by atoms with E-state index in [4.69, 9.17) is 16.3 Å². The number of amides is 1. The second kappa shape index (κ2) is 8.77. The van der Waals surface area contributed by atoms with Gasteiger partial charge in [-0.05, 0) is 56.3 Å². The van der Waals surface area contributed by atoms with Crippen LogP contribution in [0.2, 0.25) is 5.02 Å². The minimum absolute atomic E-state index is 0.217. The molecule has 0 radical (unpaired) electrons. The molecule has 25 heavy (non-hydrogen) atoms. The lowest BCUT2D eigenvalue weighted by Crippen LogP contribution is -2.45. The first kappa shape index (κ1) is 18.3. The lowest BCUT2D eigenvalue weighted by molar-refractivity contribution is -0.132. The van der Waals surface area contributed by atoms with E-state index in [0.717, 1.165) is 49.8 Å². The highest BCUT2D eigenvalue weighted by Gasteiger charge is 2.25. The molecule has 1 aliphatic heterocycles. The SMILES string of the molecule is COc1ccc(Cl)cc1NCCC(=O)N1CCC(NCC2CC2)CC1. The van der Waals surface area contributed by atoms with E-state index in [-0.39, 0.29) is 5.91 Å². The normalized spacial score (nSPS) is 18.2. The first-order valence-corrected chi connectivity index (χ1v) is 9.62. The van der Waals surface area contributed by atoms with Crippen LogP contribution < -0.4 is 15.4 Å². The number of carbonyl (C=O) groups is 1. The van der Waals surface area contributed by atoms with Gasteiger partial charge < -0.3 is 20.3 Å².